The van der Waals surface area contributed by atoms with Crippen LogP contribution in [0.15, 0.2) is 70.0 Å². The molecule has 1 aromatic heterocycles. The number of carbonyl (C=O) groups is 4. The van der Waals surface area contributed by atoms with E-state index in [1.54, 1.807) is 43.3 Å². The van der Waals surface area contributed by atoms with E-state index in [1.807, 2.05) is 0 Å². The Kier molecular flexibility index (Phi) is 7.11. The van der Waals surface area contributed by atoms with Crippen molar-refractivity contribution in [2.45, 2.75) is 6.92 Å². The molecule has 0 radical (unpaired) electrons. The summed E-state index contributed by atoms with van der Waals surface area (Å²) in [6.07, 6.45) is 1.41. The van der Waals surface area contributed by atoms with Crippen molar-refractivity contribution < 1.29 is 33.3 Å². The monoisotopic (exact) mass is 506 g/mol. The van der Waals surface area contributed by atoms with Crippen LogP contribution in [-0.2, 0) is 9.53 Å². The standard InChI is InChI=1S/C25H18N2O8S/c1-2-34-24(30)17-5-3-16(4-6-17)21-12-11-19(35-21)13-22-23(29)26(25(31)36-22)14-20(28)15-7-9-18(10-8-15)27(32)33/h3-13H,2,14H2,1H3/b22-13+. The van der Waals surface area contributed by atoms with Crippen molar-refractivity contribution >= 4 is 46.4 Å². The molecular formula is C25H18N2O8S. The Morgan fingerprint density at radius 3 is 2.33 bits per heavy atom. The van der Waals surface area contributed by atoms with Crippen LogP contribution in [0.25, 0.3) is 17.4 Å². The summed E-state index contributed by atoms with van der Waals surface area (Å²) in [6, 6.07) is 14.9. The molecule has 0 N–H and O–H groups in total. The Morgan fingerprint density at radius 1 is 1.03 bits per heavy atom. The Hall–Kier alpha value is -4.51. The van der Waals surface area contributed by atoms with Gasteiger partial charge in [-0.3, -0.25) is 29.4 Å². The molecule has 2 amide bonds. The summed E-state index contributed by atoms with van der Waals surface area (Å²) in [6.45, 7) is 1.51. The maximum atomic E-state index is 12.8. The highest BCUT2D eigenvalue weighted by Crippen LogP contribution is 2.33. The number of furan rings is 1. The fourth-order valence-electron chi connectivity index (χ4n) is 3.34. The van der Waals surface area contributed by atoms with Crippen LogP contribution in [0.2, 0.25) is 0 Å². The second-order valence-electron chi connectivity index (χ2n) is 7.49. The molecule has 0 spiro atoms. The van der Waals surface area contributed by atoms with Crippen molar-refractivity contribution in [2.75, 3.05) is 13.2 Å². The number of ketones is 1. The Balaban J connectivity index is 1.45. The topological polar surface area (TPSA) is 137 Å². The number of benzene rings is 2. The van der Waals surface area contributed by atoms with Crippen molar-refractivity contribution in [1.29, 1.82) is 0 Å². The smallest absolute Gasteiger partial charge is 0.338 e. The summed E-state index contributed by atoms with van der Waals surface area (Å²) >= 11 is 0.681. The van der Waals surface area contributed by atoms with Crippen LogP contribution in [0.3, 0.4) is 0 Å². The van der Waals surface area contributed by atoms with Gasteiger partial charge in [-0.25, -0.2) is 4.79 Å². The molecule has 2 aromatic carbocycles. The second-order valence-corrected chi connectivity index (χ2v) is 8.49. The van der Waals surface area contributed by atoms with Gasteiger partial charge in [-0.1, -0.05) is 12.1 Å². The van der Waals surface area contributed by atoms with Gasteiger partial charge in [0.05, 0.1) is 28.5 Å². The molecule has 10 nitrogen and oxygen atoms in total. The zero-order valence-electron chi connectivity index (χ0n) is 18.8. The average molecular weight is 506 g/mol. The van der Waals surface area contributed by atoms with Crippen molar-refractivity contribution in [3.8, 4) is 11.3 Å². The first kappa shape index (κ1) is 24.6. The molecule has 3 aromatic rings. The van der Waals surface area contributed by atoms with E-state index in [0.717, 1.165) is 4.90 Å². The van der Waals surface area contributed by atoms with Gasteiger partial charge < -0.3 is 9.15 Å². The number of nitrogens with zero attached hydrogens (tertiary/aromatic N) is 2. The first-order chi connectivity index (χ1) is 17.3. The molecule has 1 aliphatic rings. The molecule has 1 fully saturated rings. The number of imide groups is 1. The number of nitro benzene ring substituents is 1. The summed E-state index contributed by atoms with van der Waals surface area (Å²) in [7, 11) is 0. The third-order valence-corrected chi connectivity index (χ3v) is 6.06. The van der Waals surface area contributed by atoms with Crippen LogP contribution >= 0.6 is 11.8 Å². The summed E-state index contributed by atoms with van der Waals surface area (Å²) in [5, 5.41) is 10.2. The molecule has 1 aliphatic heterocycles. The predicted molar refractivity (Wildman–Crippen MR) is 130 cm³/mol. The van der Waals surface area contributed by atoms with Crippen molar-refractivity contribution in [3.63, 3.8) is 0 Å². The molecular weight excluding hydrogens is 488 g/mol. The van der Waals surface area contributed by atoms with E-state index >= 15 is 0 Å². The lowest BCUT2D eigenvalue weighted by molar-refractivity contribution is -0.384. The molecule has 0 saturated carbocycles. The normalized spacial score (nSPS) is 14.4. The number of non-ortho nitro benzene ring substituents is 1. The predicted octanol–water partition coefficient (Wildman–Crippen LogP) is 4.95. The van der Waals surface area contributed by atoms with E-state index in [4.69, 9.17) is 9.15 Å². The number of amides is 2. The maximum Gasteiger partial charge on any atom is 0.338 e. The largest absolute Gasteiger partial charge is 0.462 e. The van der Waals surface area contributed by atoms with Gasteiger partial charge in [-0.2, -0.15) is 0 Å². The number of hydrogen-bond donors (Lipinski definition) is 0. The molecule has 0 bridgehead atoms. The highest BCUT2D eigenvalue weighted by atomic mass is 32.2. The molecule has 0 unspecified atom stereocenters. The number of carbonyl (C=O) groups excluding carboxylic acids is 4. The van der Waals surface area contributed by atoms with E-state index in [1.165, 1.54) is 30.3 Å². The number of thioether (sulfide) groups is 1. The van der Waals surface area contributed by atoms with E-state index in [9.17, 15) is 29.3 Å². The molecule has 11 heteroatoms. The summed E-state index contributed by atoms with van der Waals surface area (Å²) in [5.41, 5.74) is 1.08. The van der Waals surface area contributed by atoms with Gasteiger partial charge in [0.2, 0.25) is 0 Å². The van der Waals surface area contributed by atoms with Crippen molar-refractivity contribution in [3.05, 3.63) is 92.6 Å². The van der Waals surface area contributed by atoms with Gasteiger partial charge in [-0.05, 0) is 55.1 Å². The van der Waals surface area contributed by atoms with E-state index in [-0.39, 0.29) is 22.8 Å². The van der Waals surface area contributed by atoms with Crippen LogP contribution in [0.1, 0.15) is 33.4 Å². The molecule has 0 atom stereocenters. The minimum Gasteiger partial charge on any atom is -0.462 e. The minimum absolute atomic E-state index is 0.0926. The Labute approximate surface area is 208 Å². The number of hydrogen-bond acceptors (Lipinski definition) is 9. The molecule has 2 heterocycles. The fourth-order valence-corrected chi connectivity index (χ4v) is 4.16. The van der Waals surface area contributed by atoms with Gasteiger partial charge in [0.15, 0.2) is 5.78 Å². The van der Waals surface area contributed by atoms with E-state index < -0.39 is 34.4 Å². The molecule has 4 rings (SSSR count). The van der Waals surface area contributed by atoms with Gasteiger partial charge in [0, 0.05) is 29.3 Å². The van der Waals surface area contributed by atoms with Crippen molar-refractivity contribution in [2.24, 2.45) is 0 Å². The zero-order valence-corrected chi connectivity index (χ0v) is 19.7. The van der Waals surface area contributed by atoms with E-state index in [0.29, 0.717) is 34.4 Å². The third-order valence-electron chi connectivity index (χ3n) is 5.16. The molecule has 182 valence electrons. The van der Waals surface area contributed by atoms with Crippen LogP contribution in [0, 0.1) is 10.1 Å². The third kappa shape index (κ3) is 5.26. The molecule has 36 heavy (non-hydrogen) atoms. The Bertz CT molecular complexity index is 1390. The average Bonchev–Trinajstić information content (AvgIpc) is 3.44. The number of nitro groups is 1. The lowest BCUT2D eigenvalue weighted by Crippen LogP contribution is -2.33. The highest BCUT2D eigenvalue weighted by molar-refractivity contribution is 8.18. The van der Waals surface area contributed by atoms with Gasteiger partial charge >= 0.3 is 5.97 Å². The number of esters is 1. The quantitative estimate of drug-likeness (QED) is 0.137. The van der Waals surface area contributed by atoms with Gasteiger partial charge in [0.25, 0.3) is 16.8 Å². The summed E-state index contributed by atoms with van der Waals surface area (Å²) in [5.74, 6) is -0.778. The maximum absolute atomic E-state index is 12.8. The first-order valence-corrected chi connectivity index (χ1v) is 11.5. The SMILES string of the molecule is CCOC(=O)c1ccc(-c2ccc(/C=C3/SC(=O)N(CC(=O)c4ccc([N+](=O)[O-])cc4)C3=O)o2)cc1. The highest BCUT2D eigenvalue weighted by Gasteiger charge is 2.36. The van der Waals surface area contributed by atoms with Gasteiger partial charge in [0.1, 0.15) is 11.5 Å². The number of ether oxygens (including phenoxy) is 1. The second kappa shape index (κ2) is 10.4. The summed E-state index contributed by atoms with van der Waals surface area (Å²) < 4.78 is 10.7. The van der Waals surface area contributed by atoms with Crippen LogP contribution in [0.5, 0.6) is 0 Å². The lowest BCUT2D eigenvalue weighted by Gasteiger charge is -2.11. The number of rotatable bonds is 8. The van der Waals surface area contributed by atoms with Gasteiger partial charge in [-0.15, -0.1) is 0 Å². The van der Waals surface area contributed by atoms with E-state index in [2.05, 4.69) is 0 Å². The summed E-state index contributed by atoms with van der Waals surface area (Å²) in [4.78, 5) is 60.5. The zero-order chi connectivity index (χ0) is 25.8. The lowest BCUT2D eigenvalue weighted by atomic mass is 10.1. The van der Waals surface area contributed by atoms with Crippen LogP contribution in [0.4, 0.5) is 10.5 Å². The van der Waals surface area contributed by atoms with Crippen molar-refractivity contribution in [1.82, 2.24) is 4.90 Å². The van der Waals surface area contributed by atoms with Crippen LogP contribution in [-0.4, -0.2) is 45.9 Å². The minimum atomic E-state index is -0.642. The fraction of sp³-hybridized carbons (Fsp3) is 0.120. The van der Waals surface area contributed by atoms with Crippen LogP contribution < -0.4 is 0 Å². The molecule has 1 saturated heterocycles. The Morgan fingerprint density at radius 2 is 1.69 bits per heavy atom. The molecule has 0 aliphatic carbocycles. The number of Topliss-reactive ketones (excluding diaryl/α,β-unsaturated/α-hetero) is 1. The first-order valence-electron chi connectivity index (χ1n) is 10.7.